The molecule has 4 nitrogen and oxygen atoms in total. The highest BCUT2D eigenvalue weighted by atomic mass is 19.1. The molecule has 0 aromatic heterocycles. The number of carbonyl (C=O) groups is 2. The SMILES string of the molecule is CN(C(=O)c1ccccc1NC(=O)C=Cc1ccc(F)cc1)C1CCCCC1. The van der Waals surface area contributed by atoms with Crippen molar-refractivity contribution in [2.75, 3.05) is 12.4 Å². The van der Waals surface area contributed by atoms with Gasteiger partial charge in [-0.25, -0.2) is 4.39 Å². The Hall–Kier alpha value is -2.95. The van der Waals surface area contributed by atoms with Crippen LogP contribution in [0.4, 0.5) is 10.1 Å². The molecule has 2 aromatic rings. The summed E-state index contributed by atoms with van der Waals surface area (Å²) in [6.45, 7) is 0. The Morgan fingerprint density at radius 2 is 1.71 bits per heavy atom. The van der Waals surface area contributed by atoms with E-state index in [4.69, 9.17) is 0 Å². The third kappa shape index (κ3) is 5.06. The lowest BCUT2D eigenvalue weighted by Crippen LogP contribution is -2.38. The minimum absolute atomic E-state index is 0.0784. The fourth-order valence-electron chi connectivity index (χ4n) is 3.52. The van der Waals surface area contributed by atoms with Gasteiger partial charge in [-0.15, -0.1) is 0 Å². The molecule has 5 heteroatoms. The van der Waals surface area contributed by atoms with Gasteiger partial charge in [-0.1, -0.05) is 43.5 Å². The van der Waals surface area contributed by atoms with E-state index in [1.54, 1.807) is 47.4 Å². The number of benzene rings is 2. The van der Waals surface area contributed by atoms with Gasteiger partial charge in [0.2, 0.25) is 5.91 Å². The van der Waals surface area contributed by atoms with Gasteiger partial charge in [-0.05, 0) is 48.7 Å². The van der Waals surface area contributed by atoms with Crippen LogP contribution in [0.15, 0.2) is 54.6 Å². The van der Waals surface area contributed by atoms with Gasteiger partial charge in [0.25, 0.3) is 5.91 Å². The van der Waals surface area contributed by atoms with Crippen LogP contribution in [0, 0.1) is 5.82 Å². The molecule has 3 rings (SSSR count). The maximum Gasteiger partial charge on any atom is 0.255 e. The molecule has 0 aliphatic heterocycles. The minimum Gasteiger partial charge on any atom is -0.339 e. The molecule has 1 saturated carbocycles. The summed E-state index contributed by atoms with van der Waals surface area (Å²) in [4.78, 5) is 27.1. The van der Waals surface area contributed by atoms with Crippen molar-refractivity contribution in [1.29, 1.82) is 0 Å². The summed E-state index contributed by atoms with van der Waals surface area (Å²) >= 11 is 0. The van der Waals surface area contributed by atoms with E-state index in [2.05, 4.69) is 5.32 Å². The van der Waals surface area contributed by atoms with E-state index < -0.39 is 0 Å². The van der Waals surface area contributed by atoms with E-state index in [0.29, 0.717) is 11.3 Å². The van der Waals surface area contributed by atoms with Crippen LogP contribution in [0.2, 0.25) is 0 Å². The molecule has 0 spiro atoms. The zero-order valence-corrected chi connectivity index (χ0v) is 16.0. The van der Waals surface area contributed by atoms with Crippen LogP contribution in [-0.2, 0) is 4.79 Å². The van der Waals surface area contributed by atoms with E-state index >= 15 is 0 Å². The van der Waals surface area contributed by atoms with E-state index in [1.807, 2.05) is 7.05 Å². The highest BCUT2D eigenvalue weighted by Gasteiger charge is 2.24. The van der Waals surface area contributed by atoms with E-state index in [1.165, 1.54) is 24.6 Å². The second-order valence-corrected chi connectivity index (χ2v) is 7.13. The summed E-state index contributed by atoms with van der Waals surface area (Å²) in [6, 6.07) is 13.2. The maximum absolute atomic E-state index is 13.0. The van der Waals surface area contributed by atoms with Gasteiger partial charge < -0.3 is 10.2 Å². The van der Waals surface area contributed by atoms with Gasteiger partial charge in [-0.2, -0.15) is 0 Å². The van der Waals surface area contributed by atoms with Crippen molar-refractivity contribution in [3.05, 3.63) is 71.6 Å². The molecular weight excluding hydrogens is 355 g/mol. The van der Waals surface area contributed by atoms with Crippen LogP contribution >= 0.6 is 0 Å². The Labute approximate surface area is 165 Å². The van der Waals surface area contributed by atoms with Crippen LogP contribution in [0.1, 0.15) is 48.0 Å². The van der Waals surface area contributed by atoms with Crippen LogP contribution in [-0.4, -0.2) is 29.8 Å². The molecule has 1 aliphatic rings. The molecule has 2 amide bonds. The standard InChI is InChI=1S/C23H25FN2O2/c1-26(19-7-3-2-4-8-19)23(28)20-9-5-6-10-21(20)25-22(27)16-13-17-11-14-18(24)15-12-17/h5-6,9-16,19H,2-4,7-8H2,1H3,(H,25,27). The number of carbonyl (C=O) groups excluding carboxylic acids is 2. The fourth-order valence-corrected chi connectivity index (χ4v) is 3.52. The number of rotatable bonds is 5. The Balaban J connectivity index is 1.69. The molecule has 0 bridgehead atoms. The number of hydrogen-bond donors (Lipinski definition) is 1. The number of halogens is 1. The molecule has 0 atom stereocenters. The first kappa shape index (κ1) is 19.8. The van der Waals surface area contributed by atoms with Crippen LogP contribution in [0.3, 0.4) is 0 Å². The van der Waals surface area contributed by atoms with Crippen molar-refractivity contribution in [2.24, 2.45) is 0 Å². The Kier molecular flexibility index (Phi) is 6.58. The molecule has 2 aromatic carbocycles. The highest BCUT2D eigenvalue weighted by Crippen LogP contribution is 2.25. The first-order valence-electron chi connectivity index (χ1n) is 9.65. The van der Waals surface area contributed by atoms with E-state index in [-0.39, 0.29) is 23.7 Å². The van der Waals surface area contributed by atoms with Gasteiger partial charge in [0, 0.05) is 19.2 Å². The number of amides is 2. The third-order valence-electron chi connectivity index (χ3n) is 5.16. The second-order valence-electron chi connectivity index (χ2n) is 7.13. The smallest absolute Gasteiger partial charge is 0.255 e. The highest BCUT2D eigenvalue weighted by molar-refractivity contribution is 6.07. The number of anilines is 1. The van der Waals surface area contributed by atoms with Crippen molar-refractivity contribution in [1.82, 2.24) is 4.90 Å². The minimum atomic E-state index is -0.343. The number of nitrogens with zero attached hydrogens (tertiary/aromatic N) is 1. The zero-order valence-electron chi connectivity index (χ0n) is 16.0. The summed E-state index contributed by atoms with van der Waals surface area (Å²) in [5, 5.41) is 2.78. The largest absolute Gasteiger partial charge is 0.339 e. The molecule has 1 aliphatic carbocycles. The van der Waals surface area contributed by atoms with Crippen molar-refractivity contribution in [3.8, 4) is 0 Å². The molecule has 0 radical (unpaired) electrons. The molecule has 0 saturated heterocycles. The predicted octanol–water partition coefficient (Wildman–Crippen LogP) is 4.88. The summed E-state index contributed by atoms with van der Waals surface area (Å²) in [7, 11) is 1.84. The zero-order chi connectivity index (χ0) is 19.9. The summed E-state index contributed by atoms with van der Waals surface area (Å²) in [5.41, 5.74) is 1.70. The molecular formula is C23H25FN2O2. The van der Waals surface area contributed by atoms with Crippen molar-refractivity contribution in [2.45, 2.75) is 38.1 Å². The second kappa shape index (κ2) is 9.31. The summed E-state index contributed by atoms with van der Waals surface area (Å²) in [6.07, 6.45) is 8.55. The lowest BCUT2D eigenvalue weighted by atomic mass is 9.94. The van der Waals surface area contributed by atoms with Crippen LogP contribution in [0.25, 0.3) is 6.08 Å². The van der Waals surface area contributed by atoms with Crippen LogP contribution < -0.4 is 5.32 Å². The van der Waals surface area contributed by atoms with Gasteiger partial charge in [-0.3, -0.25) is 9.59 Å². The first-order valence-corrected chi connectivity index (χ1v) is 9.65. The lowest BCUT2D eigenvalue weighted by Gasteiger charge is -2.31. The van der Waals surface area contributed by atoms with Crippen molar-refractivity contribution >= 4 is 23.6 Å². The number of para-hydroxylation sites is 1. The van der Waals surface area contributed by atoms with E-state index in [0.717, 1.165) is 31.2 Å². The molecule has 1 N–H and O–H groups in total. The average molecular weight is 380 g/mol. The Morgan fingerprint density at radius 3 is 2.43 bits per heavy atom. The Bertz CT molecular complexity index is 855. The van der Waals surface area contributed by atoms with E-state index in [9.17, 15) is 14.0 Å². The van der Waals surface area contributed by atoms with Crippen LogP contribution in [0.5, 0.6) is 0 Å². The van der Waals surface area contributed by atoms with Gasteiger partial charge in [0.1, 0.15) is 5.82 Å². The summed E-state index contributed by atoms with van der Waals surface area (Å²) < 4.78 is 13.0. The molecule has 28 heavy (non-hydrogen) atoms. The number of hydrogen-bond acceptors (Lipinski definition) is 2. The molecule has 146 valence electrons. The molecule has 0 heterocycles. The number of nitrogens with one attached hydrogen (secondary N) is 1. The quantitative estimate of drug-likeness (QED) is 0.752. The molecule has 1 fully saturated rings. The van der Waals surface area contributed by atoms with Gasteiger partial charge in [0.05, 0.1) is 11.3 Å². The van der Waals surface area contributed by atoms with Crippen molar-refractivity contribution < 1.29 is 14.0 Å². The van der Waals surface area contributed by atoms with Crippen molar-refractivity contribution in [3.63, 3.8) is 0 Å². The Morgan fingerprint density at radius 1 is 1.04 bits per heavy atom. The predicted molar refractivity (Wildman–Crippen MR) is 109 cm³/mol. The topological polar surface area (TPSA) is 49.4 Å². The molecule has 0 unspecified atom stereocenters. The fraction of sp³-hybridized carbons (Fsp3) is 0.304. The lowest BCUT2D eigenvalue weighted by molar-refractivity contribution is -0.111. The summed E-state index contributed by atoms with van der Waals surface area (Å²) in [5.74, 6) is -0.744. The normalized spacial score (nSPS) is 14.8. The maximum atomic E-state index is 13.0. The monoisotopic (exact) mass is 380 g/mol. The van der Waals surface area contributed by atoms with Gasteiger partial charge in [0.15, 0.2) is 0 Å². The average Bonchev–Trinajstić information content (AvgIpc) is 2.73. The van der Waals surface area contributed by atoms with Gasteiger partial charge >= 0.3 is 0 Å². The first-order chi connectivity index (χ1) is 13.5. The third-order valence-corrected chi connectivity index (χ3v) is 5.16.